The van der Waals surface area contributed by atoms with E-state index in [1.165, 1.54) is 0 Å². The van der Waals surface area contributed by atoms with Crippen molar-refractivity contribution in [2.45, 2.75) is 10.5 Å². The molecule has 5 aromatic rings. The second kappa shape index (κ2) is 14.7. The minimum atomic E-state index is -1.42. The fourth-order valence-electron chi connectivity index (χ4n) is 4.66. The van der Waals surface area contributed by atoms with Gasteiger partial charge in [0, 0.05) is 10.6 Å². The molecule has 5 nitrogen and oxygen atoms in total. The summed E-state index contributed by atoms with van der Waals surface area (Å²) in [6.45, 7) is 0. The van der Waals surface area contributed by atoms with Crippen molar-refractivity contribution in [1.82, 2.24) is 0 Å². The Labute approximate surface area is 266 Å². The highest BCUT2D eigenvalue weighted by molar-refractivity contribution is 7.99. The standard InChI is InChI=1S/C37H31ClO5S/c1-41-31-15-11-27(12-16-31)25-3-7-29(8-4-25)35(23-24-44-34-21-19-33(20-22-34)43-36(38)37(39)40)30-9-5-26(6-10-30)28-13-17-32(42-2)18-14-28/h3-23,36H,24H2,1-2H3,(H,39,40). The summed E-state index contributed by atoms with van der Waals surface area (Å²) in [5.74, 6) is 1.57. The van der Waals surface area contributed by atoms with Gasteiger partial charge in [-0.1, -0.05) is 90.5 Å². The predicted octanol–water partition coefficient (Wildman–Crippen LogP) is 9.29. The molecule has 0 fully saturated rings. The molecule has 0 aromatic heterocycles. The topological polar surface area (TPSA) is 65.0 Å². The highest BCUT2D eigenvalue weighted by Gasteiger charge is 2.15. The van der Waals surface area contributed by atoms with Crippen molar-refractivity contribution in [3.8, 4) is 39.5 Å². The Balaban J connectivity index is 1.38. The minimum Gasteiger partial charge on any atom is -0.497 e. The first-order valence-electron chi connectivity index (χ1n) is 13.9. The third-order valence-corrected chi connectivity index (χ3v) is 8.25. The summed E-state index contributed by atoms with van der Waals surface area (Å²) in [5.41, 5.74) is 6.44. The van der Waals surface area contributed by atoms with Crippen LogP contribution in [0.15, 0.2) is 132 Å². The third kappa shape index (κ3) is 7.84. The number of hydrogen-bond donors (Lipinski definition) is 1. The molecule has 1 atom stereocenters. The molecule has 0 radical (unpaired) electrons. The molecule has 0 amide bonds. The van der Waals surface area contributed by atoms with E-state index in [0.717, 1.165) is 61.1 Å². The van der Waals surface area contributed by atoms with Gasteiger partial charge in [-0.05, 0) is 87.5 Å². The molecule has 7 heteroatoms. The summed E-state index contributed by atoms with van der Waals surface area (Å²) in [7, 11) is 3.34. The van der Waals surface area contributed by atoms with Crippen molar-refractivity contribution in [3.05, 3.63) is 139 Å². The molecule has 44 heavy (non-hydrogen) atoms. The molecular weight excluding hydrogens is 592 g/mol. The predicted molar refractivity (Wildman–Crippen MR) is 179 cm³/mol. The van der Waals surface area contributed by atoms with Crippen molar-refractivity contribution in [1.29, 1.82) is 0 Å². The van der Waals surface area contributed by atoms with Crippen LogP contribution < -0.4 is 14.2 Å². The Morgan fingerprint density at radius 1 is 0.659 bits per heavy atom. The maximum absolute atomic E-state index is 11.0. The summed E-state index contributed by atoms with van der Waals surface area (Å²) in [5, 5.41) is 8.96. The molecule has 0 saturated carbocycles. The van der Waals surface area contributed by atoms with Crippen molar-refractivity contribution >= 4 is 34.9 Å². The van der Waals surface area contributed by atoms with E-state index in [-0.39, 0.29) is 0 Å². The number of methoxy groups -OCH3 is 2. The maximum atomic E-state index is 11.0. The average Bonchev–Trinajstić information content (AvgIpc) is 3.08. The number of alkyl halides is 1. The van der Waals surface area contributed by atoms with Crippen molar-refractivity contribution in [3.63, 3.8) is 0 Å². The zero-order valence-electron chi connectivity index (χ0n) is 24.3. The Morgan fingerprint density at radius 2 is 1.05 bits per heavy atom. The number of thioether (sulfide) groups is 1. The second-order valence-electron chi connectivity index (χ2n) is 9.78. The first-order chi connectivity index (χ1) is 21.4. The minimum absolute atomic E-state index is 0.405. The zero-order valence-corrected chi connectivity index (χ0v) is 25.8. The quantitative estimate of drug-likeness (QED) is 0.110. The lowest BCUT2D eigenvalue weighted by atomic mass is 9.94. The summed E-state index contributed by atoms with van der Waals surface area (Å²) in [4.78, 5) is 12.0. The van der Waals surface area contributed by atoms with E-state index < -0.39 is 11.5 Å². The van der Waals surface area contributed by atoms with Crippen LogP contribution in [0.2, 0.25) is 0 Å². The Bertz CT molecular complexity index is 1600. The number of carboxylic acids is 1. The summed E-state index contributed by atoms with van der Waals surface area (Å²) >= 11 is 7.37. The number of aliphatic carboxylic acids is 1. The lowest BCUT2D eigenvalue weighted by molar-refractivity contribution is -0.141. The van der Waals surface area contributed by atoms with E-state index in [9.17, 15) is 4.79 Å². The number of benzene rings is 5. The molecule has 0 spiro atoms. The lowest BCUT2D eigenvalue weighted by Gasteiger charge is -2.12. The van der Waals surface area contributed by atoms with Gasteiger partial charge in [0.25, 0.3) is 5.56 Å². The van der Waals surface area contributed by atoms with Gasteiger partial charge in [0.2, 0.25) is 0 Å². The number of carboxylic acid groups (broad SMARTS) is 1. The monoisotopic (exact) mass is 622 g/mol. The van der Waals surface area contributed by atoms with E-state index in [2.05, 4.69) is 78.9 Å². The van der Waals surface area contributed by atoms with Gasteiger partial charge in [-0.15, -0.1) is 11.8 Å². The number of carbonyl (C=O) groups is 1. The van der Waals surface area contributed by atoms with Crippen LogP contribution in [-0.2, 0) is 4.79 Å². The van der Waals surface area contributed by atoms with Crippen LogP contribution in [0.25, 0.3) is 27.8 Å². The number of rotatable bonds is 12. The van der Waals surface area contributed by atoms with Gasteiger partial charge in [0.05, 0.1) is 14.2 Å². The molecule has 0 saturated heterocycles. The van der Waals surface area contributed by atoms with Crippen molar-refractivity contribution < 1.29 is 24.1 Å². The third-order valence-electron chi connectivity index (χ3n) is 7.03. The average molecular weight is 623 g/mol. The number of hydrogen-bond acceptors (Lipinski definition) is 5. The van der Waals surface area contributed by atoms with Gasteiger partial charge in [-0.25, -0.2) is 4.79 Å². The van der Waals surface area contributed by atoms with Gasteiger partial charge in [0.15, 0.2) is 0 Å². The van der Waals surface area contributed by atoms with Crippen LogP contribution >= 0.6 is 23.4 Å². The Kier molecular flexibility index (Phi) is 10.3. The first kappa shape index (κ1) is 30.8. The van der Waals surface area contributed by atoms with Crippen LogP contribution in [0.4, 0.5) is 0 Å². The fraction of sp³-hybridized carbons (Fsp3) is 0.108. The molecule has 222 valence electrons. The normalized spacial score (nSPS) is 11.3. The van der Waals surface area contributed by atoms with Gasteiger partial charge < -0.3 is 19.3 Å². The molecule has 5 rings (SSSR count). The molecular formula is C37H31ClO5S. The van der Waals surface area contributed by atoms with E-state index in [1.54, 1.807) is 38.1 Å². The first-order valence-corrected chi connectivity index (χ1v) is 15.3. The molecule has 0 bridgehead atoms. The molecule has 5 aromatic carbocycles. The fourth-order valence-corrected chi connectivity index (χ4v) is 5.53. The Morgan fingerprint density at radius 3 is 1.43 bits per heavy atom. The number of ether oxygens (including phenoxy) is 3. The summed E-state index contributed by atoms with van der Waals surface area (Å²) < 4.78 is 15.8. The van der Waals surface area contributed by atoms with Gasteiger partial charge in [0.1, 0.15) is 17.2 Å². The van der Waals surface area contributed by atoms with Crippen molar-refractivity contribution in [2.75, 3.05) is 20.0 Å². The molecule has 1 unspecified atom stereocenters. The second-order valence-corrected chi connectivity index (χ2v) is 11.3. The molecule has 1 N–H and O–H groups in total. The highest BCUT2D eigenvalue weighted by Crippen LogP contribution is 2.31. The van der Waals surface area contributed by atoms with E-state index >= 15 is 0 Å². The lowest BCUT2D eigenvalue weighted by Crippen LogP contribution is -2.20. The number of halogens is 1. The van der Waals surface area contributed by atoms with Crippen LogP contribution in [0.3, 0.4) is 0 Å². The van der Waals surface area contributed by atoms with E-state index in [0.29, 0.717) is 5.75 Å². The van der Waals surface area contributed by atoms with E-state index in [1.807, 2.05) is 36.4 Å². The van der Waals surface area contributed by atoms with Crippen LogP contribution in [0.5, 0.6) is 17.2 Å². The van der Waals surface area contributed by atoms with Crippen molar-refractivity contribution in [2.24, 2.45) is 0 Å². The molecule has 0 aliphatic carbocycles. The van der Waals surface area contributed by atoms with E-state index in [4.69, 9.17) is 30.9 Å². The molecule has 0 aliphatic heterocycles. The molecule has 0 aliphatic rings. The van der Waals surface area contributed by atoms with Gasteiger partial charge in [-0.2, -0.15) is 0 Å². The van der Waals surface area contributed by atoms with Crippen LogP contribution in [-0.4, -0.2) is 36.6 Å². The maximum Gasteiger partial charge on any atom is 0.360 e. The van der Waals surface area contributed by atoms with Gasteiger partial charge >= 0.3 is 5.97 Å². The zero-order chi connectivity index (χ0) is 30.9. The summed E-state index contributed by atoms with van der Waals surface area (Å²) in [6, 6.07) is 40.5. The van der Waals surface area contributed by atoms with Crippen LogP contribution in [0.1, 0.15) is 11.1 Å². The highest BCUT2D eigenvalue weighted by atomic mass is 35.5. The van der Waals surface area contributed by atoms with Crippen LogP contribution in [0, 0.1) is 0 Å². The van der Waals surface area contributed by atoms with Gasteiger partial charge in [-0.3, -0.25) is 0 Å². The summed E-state index contributed by atoms with van der Waals surface area (Å²) in [6.07, 6.45) is 2.24. The Hall–Kier alpha value is -4.65. The smallest absolute Gasteiger partial charge is 0.360 e. The SMILES string of the molecule is COc1ccc(-c2ccc(C(=CCSc3ccc(OC(Cl)C(=O)O)cc3)c3ccc(-c4ccc(OC)cc4)cc3)cc2)cc1. The molecule has 0 heterocycles. The largest absolute Gasteiger partial charge is 0.497 e.